The first-order chi connectivity index (χ1) is 8.10. The fourth-order valence-corrected chi connectivity index (χ4v) is 1.50. The molecule has 1 unspecified atom stereocenters. The molecule has 0 aliphatic carbocycles. The van der Waals surface area contributed by atoms with Crippen molar-refractivity contribution in [3.05, 3.63) is 0 Å². The smallest absolute Gasteiger partial charge is 0.368 e. The van der Waals surface area contributed by atoms with Gasteiger partial charge in [0.1, 0.15) is 0 Å². The zero-order valence-corrected chi connectivity index (χ0v) is 11.1. The summed E-state index contributed by atoms with van der Waals surface area (Å²) in [6.45, 7) is 3.31. The van der Waals surface area contributed by atoms with Crippen molar-refractivity contribution in [3.63, 3.8) is 0 Å². The van der Waals surface area contributed by atoms with Crippen molar-refractivity contribution in [2.24, 2.45) is 5.73 Å². The molecule has 1 amide bonds. The molecular weight excluding hydrogens is 247 g/mol. The monoisotopic (exact) mass is 269 g/mol. The summed E-state index contributed by atoms with van der Waals surface area (Å²) in [5.41, 5.74) is 4.32. The van der Waals surface area contributed by atoms with Crippen LogP contribution in [0.2, 0.25) is 0 Å². The van der Waals surface area contributed by atoms with Crippen LogP contribution in [-0.4, -0.2) is 49.2 Å². The standard InChI is InChI=1S/C11H22F3N3O/c1-4-6-16-10(2,9(15)18)5-7-17(3)8-11(12,13)14/h16H,4-8H2,1-3H3,(H2,15,18). The van der Waals surface area contributed by atoms with Gasteiger partial charge in [-0.2, -0.15) is 13.2 Å². The molecular formula is C11H22F3N3O. The molecule has 0 aliphatic rings. The molecule has 0 aromatic rings. The zero-order chi connectivity index (χ0) is 14.4. The van der Waals surface area contributed by atoms with Gasteiger partial charge in [-0.15, -0.1) is 0 Å². The number of hydrogen-bond acceptors (Lipinski definition) is 3. The van der Waals surface area contributed by atoms with Crippen LogP contribution >= 0.6 is 0 Å². The second kappa shape index (κ2) is 6.94. The SMILES string of the molecule is CCCNC(C)(CCN(C)CC(F)(F)F)C(N)=O. The lowest BCUT2D eigenvalue weighted by molar-refractivity contribution is -0.143. The second-order valence-corrected chi connectivity index (χ2v) is 4.73. The number of hydrogen-bond donors (Lipinski definition) is 2. The minimum absolute atomic E-state index is 0.148. The molecule has 4 nitrogen and oxygen atoms in total. The van der Waals surface area contributed by atoms with Crippen molar-refractivity contribution < 1.29 is 18.0 Å². The van der Waals surface area contributed by atoms with Gasteiger partial charge >= 0.3 is 6.18 Å². The summed E-state index contributed by atoms with van der Waals surface area (Å²) >= 11 is 0. The Morgan fingerprint density at radius 3 is 2.33 bits per heavy atom. The van der Waals surface area contributed by atoms with E-state index in [-0.39, 0.29) is 13.0 Å². The zero-order valence-electron chi connectivity index (χ0n) is 11.1. The molecule has 0 aromatic heterocycles. The summed E-state index contributed by atoms with van der Waals surface area (Å²) in [4.78, 5) is 12.5. The topological polar surface area (TPSA) is 58.4 Å². The summed E-state index contributed by atoms with van der Waals surface area (Å²) in [6.07, 6.45) is -3.16. The molecule has 0 radical (unpaired) electrons. The summed E-state index contributed by atoms with van der Waals surface area (Å²) < 4.78 is 36.4. The molecule has 1 atom stereocenters. The summed E-state index contributed by atoms with van der Waals surface area (Å²) in [5, 5.41) is 2.98. The van der Waals surface area contributed by atoms with Crippen molar-refractivity contribution in [2.75, 3.05) is 26.7 Å². The van der Waals surface area contributed by atoms with Crippen LogP contribution in [0.3, 0.4) is 0 Å². The third-order valence-corrected chi connectivity index (χ3v) is 2.75. The third-order valence-electron chi connectivity index (χ3n) is 2.75. The lowest BCUT2D eigenvalue weighted by Crippen LogP contribution is -2.54. The predicted molar refractivity (Wildman–Crippen MR) is 64.1 cm³/mol. The molecule has 18 heavy (non-hydrogen) atoms. The third kappa shape index (κ3) is 6.80. The molecule has 108 valence electrons. The predicted octanol–water partition coefficient (Wildman–Crippen LogP) is 1.11. The molecule has 0 fully saturated rings. The van der Waals surface area contributed by atoms with Crippen LogP contribution < -0.4 is 11.1 Å². The summed E-state index contributed by atoms with van der Waals surface area (Å²) in [7, 11) is 1.37. The number of primary amides is 1. The number of nitrogens with two attached hydrogens (primary N) is 1. The van der Waals surface area contributed by atoms with Crippen LogP contribution in [0.15, 0.2) is 0 Å². The maximum atomic E-state index is 12.1. The number of rotatable bonds is 8. The number of carbonyl (C=O) groups excluding carboxylic acids is 1. The van der Waals surface area contributed by atoms with Gasteiger partial charge in [0.25, 0.3) is 0 Å². The maximum absolute atomic E-state index is 12.1. The quantitative estimate of drug-likeness (QED) is 0.694. The number of carbonyl (C=O) groups is 1. The largest absolute Gasteiger partial charge is 0.401 e. The van der Waals surface area contributed by atoms with Crippen molar-refractivity contribution in [3.8, 4) is 0 Å². The van der Waals surface area contributed by atoms with E-state index in [9.17, 15) is 18.0 Å². The Labute approximate surface area is 106 Å². The van der Waals surface area contributed by atoms with E-state index < -0.39 is 24.2 Å². The average molecular weight is 269 g/mol. The summed E-state index contributed by atoms with van der Waals surface area (Å²) in [6, 6.07) is 0. The highest BCUT2D eigenvalue weighted by atomic mass is 19.4. The fourth-order valence-electron chi connectivity index (χ4n) is 1.50. The average Bonchev–Trinajstić information content (AvgIpc) is 2.21. The number of amides is 1. The molecule has 7 heteroatoms. The molecule has 0 spiro atoms. The molecule has 0 saturated carbocycles. The Hall–Kier alpha value is -0.820. The van der Waals surface area contributed by atoms with Crippen molar-refractivity contribution in [1.29, 1.82) is 0 Å². The Morgan fingerprint density at radius 2 is 1.94 bits per heavy atom. The Morgan fingerprint density at radius 1 is 1.39 bits per heavy atom. The molecule has 0 rings (SSSR count). The first-order valence-corrected chi connectivity index (χ1v) is 5.91. The molecule has 0 saturated heterocycles. The van der Waals surface area contributed by atoms with Crippen molar-refractivity contribution in [2.45, 2.75) is 38.4 Å². The second-order valence-electron chi connectivity index (χ2n) is 4.73. The van der Waals surface area contributed by atoms with E-state index in [0.29, 0.717) is 6.54 Å². The van der Waals surface area contributed by atoms with Crippen molar-refractivity contribution >= 4 is 5.91 Å². The first-order valence-electron chi connectivity index (χ1n) is 5.91. The number of halogens is 3. The van der Waals surface area contributed by atoms with E-state index in [0.717, 1.165) is 11.3 Å². The van der Waals surface area contributed by atoms with Crippen LogP contribution in [0.1, 0.15) is 26.7 Å². The number of nitrogens with one attached hydrogen (secondary N) is 1. The van der Waals surface area contributed by atoms with Crippen LogP contribution in [0, 0.1) is 0 Å². The van der Waals surface area contributed by atoms with Crippen LogP contribution in [0.25, 0.3) is 0 Å². The van der Waals surface area contributed by atoms with Gasteiger partial charge in [0, 0.05) is 6.54 Å². The van der Waals surface area contributed by atoms with Gasteiger partial charge in [0.05, 0.1) is 12.1 Å². The van der Waals surface area contributed by atoms with E-state index in [1.807, 2.05) is 6.92 Å². The van der Waals surface area contributed by atoms with E-state index in [1.54, 1.807) is 6.92 Å². The summed E-state index contributed by atoms with van der Waals surface area (Å²) in [5.74, 6) is -0.545. The highest BCUT2D eigenvalue weighted by Gasteiger charge is 2.33. The number of alkyl halides is 3. The van der Waals surface area contributed by atoms with E-state index in [2.05, 4.69) is 5.32 Å². The fraction of sp³-hybridized carbons (Fsp3) is 0.909. The highest BCUT2D eigenvalue weighted by Crippen LogP contribution is 2.17. The van der Waals surface area contributed by atoms with Gasteiger partial charge in [-0.25, -0.2) is 0 Å². The normalized spacial score (nSPS) is 15.7. The Balaban J connectivity index is 4.31. The van der Waals surface area contributed by atoms with E-state index >= 15 is 0 Å². The lowest BCUT2D eigenvalue weighted by Gasteiger charge is -2.30. The van der Waals surface area contributed by atoms with Gasteiger partial charge < -0.3 is 11.1 Å². The molecule has 0 aliphatic heterocycles. The minimum atomic E-state index is -4.23. The number of nitrogens with zero attached hydrogens (tertiary/aromatic N) is 1. The minimum Gasteiger partial charge on any atom is -0.368 e. The highest BCUT2D eigenvalue weighted by molar-refractivity contribution is 5.84. The molecule has 3 N–H and O–H groups in total. The Bertz CT molecular complexity index is 271. The van der Waals surface area contributed by atoms with Crippen LogP contribution in [0.4, 0.5) is 13.2 Å². The Kier molecular flexibility index (Phi) is 6.62. The van der Waals surface area contributed by atoms with Gasteiger partial charge in [0.15, 0.2) is 0 Å². The van der Waals surface area contributed by atoms with Crippen molar-refractivity contribution in [1.82, 2.24) is 10.2 Å². The van der Waals surface area contributed by atoms with Crippen LogP contribution in [-0.2, 0) is 4.79 Å². The van der Waals surface area contributed by atoms with Gasteiger partial charge in [-0.3, -0.25) is 9.69 Å². The van der Waals surface area contributed by atoms with Gasteiger partial charge in [-0.1, -0.05) is 6.92 Å². The van der Waals surface area contributed by atoms with E-state index in [1.165, 1.54) is 7.05 Å². The lowest BCUT2D eigenvalue weighted by atomic mass is 9.96. The van der Waals surface area contributed by atoms with E-state index in [4.69, 9.17) is 5.73 Å². The molecule has 0 aromatic carbocycles. The molecule has 0 bridgehead atoms. The van der Waals surface area contributed by atoms with Gasteiger partial charge in [0.2, 0.25) is 5.91 Å². The van der Waals surface area contributed by atoms with Crippen LogP contribution in [0.5, 0.6) is 0 Å². The maximum Gasteiger partial charge on any atom is 0.401 e. The first kappa shape index (κ1) is 17.2. The van der Waals surface area contributed by atoms with Gasteiger partial charge in [-0.05, 0) is 33.4 Å². The molecule has 0 heterocycles.